The van der Waals surface area contributed by atoms with Crippen LogP contribution in [-0.2, 0) is 11.2 Å². The first-order valence-corrected chi connectivity index (χ1v) is 6.73. The number of rotatable bonds is 5. The lowest BCUT2D eigenvalue weighted by atomic mass is 9.99. The van der Waals surface area contributed by atoms with Gasteiger partial charge in [-0.05, 0) is 44.0 Å². The molecule has 100 valence electrons. The second kappa shape index (κ2) is 6.59. The van der Waals surface area contributed by atoms with Gasteiger partial charge in [-0.3, -0.25) is 4.79 Å². The molecule has 0 aliphatic carbocycles. The van der Waals surface area contributed by atoms with E-state index in [0.717, 1.165) is 25.4 Å². The number of nitrogens with zero attached hydrogens (tertiary/aromatic N) is 1. The van der Waals surface area contributed by atoms with Crippen molar-refractivity contribution in [3.8, 4) is 0 Å². The van der Waals surface area contributed by atoms with Gasteiger partial charge in [-0.2, -0.15) is 0 Å². The van der Waals surface area contributed by atoms with Crippen LogP contribution in [-0.4, -0.2) is 37.5 Å². The molecule has 0 spiro atoms. The molecule has 2 heterocycles. The van der Waals surface area contributed by atoms with E-state index in [1.165, 1.54) is 12.8 Å². The molecule has 4 nitrogen and oxygen atoms in total. The van der Waals surface area contributed by atoms with Crippen LogP contribution in [0.3, 0.4) is 0 Å². The van der Waals surface area contributed by atoms with Crippen molar-refractivity contribution in [3.63, 3.8) is 0 Å². The van der Waals surface area contributed by atoms with Crippen molar-refractivity contribution in [2.75, 3.05) is 26.7 Å². The van der Waals surface area contributed by atoms with Crippen molar-refractivity contribution in [2.24, 2.45) is 5.92 Å². The predicted molar refractivity (Wildman–Crippen MR) is 70.3 cm³/mol. The number of nitrogens with one attached hydrogen (secondary N) is 1. The minimum Gasteiger partial charge on any atom is -0.469 e. The van der Waals surface area contributed by atoms with Crippen LogP contribution >= 0.6 is 0 Å². The Morgan fingerprint density at radius 1 is 1.61 bits per heavy atom. The fraction of sp³-hybridized carbons (Fsp3) is 0.643. The zero-order chi connectivity index (χ0) is 12.8. The third kappa shape index (κ3) is 3.88. The van der Waals surface area contributed by atoms with Gasteiger partial charge in [0, 0.05) is 26.4 Å². The minimum absolute atomic E-state index is 0.206. The van der Waals surface area contributed by atoms with Crippen LogP contribution in [0.2, 0.25) is 0 Å². The lowest BCUT2D eigenvalue weighted by molar-refractivity contribution is -0.130. The Hall–Kier alpha value is -1.29. The number of furan rings is 1. The molecule has 1 atom stereocenters. The molecule has 0 aromatic carbocycles. The summed E-state index contributed by atoms with van der Waals surface area (Å²) in [6, 6.07) is 3.77. The second-order valence-electron chi connectivity index (χ2n) is 5.07. The molecule has 1 unspecified atom stereocenters. The van der Waals surface area contributed by atoms with Gasteiger partial charge in [0.05, 0.1) is 6.26 Å². The maximum atomic E-state index is 12.0. The third-order valence-electron chi connectivity index (χ3n) is 3.52. The van der Waals surface area contributed by atoms with Gasteiger partial charge in [-0.25, -0.2) is 0 Å². The Morgan fingerprint density at radius 2 is 2.50 bits per heavy atom. The molecule has 4 heteroatoms. The van der Waals surface area contributed by atoms with Crippen molar-refractivity contribution in [1.29, 1.82) is 0 Å². The molecule has 1 N–H and O–H groups in total. The molecule has 1 aliphatic rings. The summed E-state index contributed by atoms with van der Waals surface area (Å²) in [7, 11) is 1.90. The Morgan fingerprint density at radius 3 is 3.17 bits per heavy atom. The van der Waals surface area contributed by atoms with Crippen LogP contribution in [0.5, 0.6) is 0 Å². The van der Waals surface area contributed by atoms with E-state index in [2.05, 4.69) is 5.32 Å². The fourth-order valence-electron chi connectivity index (χ4n) is 2.44. The number of piperidine rings is 1. The first-order chi connectivity index (χ1) is 8.75. The molecular weight excluding hydrogens is 228 g/mol. The molecule has 0 radical (unpaired) electrons. The van der Waals surface area contributed by atoms with Gasteiger partial charge in [0.15, 0.2) is 0 Å². The van der Waals surface area contributed by atoms with E-state index in [-0.39, 0.29) is 5.91 Å². The summed E-state index contributed by atoms with van der Waals surface area (Å²) in [6.45, 7) is 3.02. The summed E-state index contributed by atoms with van der Waals surface area (Å²) >= 11 is 0. The summed E-state index contributed by atoms with van der Waals surface area (Å²) in [5, 5.41) is 3.38. The van der Waals surface area contributed by atoms with Crippen LogP contribution < -0.4 is 5.32 Å². The summed E-state index contributed by atoms with van der Waals surface area (Å²) in [6.07, 6.45) is 5.32. The summed E-state index contributed by atoms with van der Waals surface area (Å²) in [5.41, 5.74) is 0. The molecule has 0 bridgehead atoms. The highest BCUT2D eigenvalue weighted by Gasteiger charge is 2.17. The van der Waals surface area contributed by atoms with Crippen molar-refractivity contribution in [2.45, 2.75) is 25.7 Å². The molecule has 18 heavy (non-hydrogen) atoms. The molecule has 2 rings (SSSR count). The van der Waals surface area contributed by atoms with Crippen molar-refractivity contribution in [1.82, 2.24) is 10.2 Å². The van der Waals surface area contributed by atoms with Gasteiger partial charge >= 0.3 is 0 Å². The summed E-state index contributed by atoms with van der Waals surface area (Å²) in [4.78, 5) is 13.8. The van der Waals surface area contributed by atoms with Crippen LogP contribution in [0.1, 0.15) is 25.0 Å². The average Bonchev–Trinajstić information content (AvgIpc) is 2.90. The third-order valence-corrected chi connectivity index (χ3v) is 3.52. The van der Waals surface area contributed by atoms with E-state index < -0.39 is 0 Å². The maximum Gasteiger partial charge on any atom is 0.222 e. The van der Waals surface area contributed by atoms with Crippen molar-refractivity contribution < 1.29 is 9.21 Å². The van der Waals surface area contributed by atoms with E-state index in [9.17, 15) is 4.79 Å². The molecule has 1 amide bonds. The van der Waals surface area contributed by atoms with Gasteiger partial charge in [0.2, 0.25) is 5.91 Å². The standard InChI is InChI=1S/C14H22N2O2/c1-16(11-12-4-2-8-15-10-12)14(17)7-6-13-5-3-9-18-13/h3,5,9,12,15H,2,4,6-8,10-11H2,1H3. The number of amides is 1. The molecule has 1 aliphatic heterocycles. The normalized spacial score (nSPS) is 19.7. The number of hydrogen-bond acceptors (Lipinski definition) is 3. The predicted octanol–water partition coefficient (Wildman–Crippen LogP) is 1.67. The van der Waals surface area contributed by atoms with Gasteiger partial charge in [-0.15, -0.1) is 0 Å². The van der Waals surface area contributed by atoms with Crippen LogP contribution in [0.4, 0.5) is 0 Å². The average molecular weight is 250 g/mol. The Labute approximate surface area is 108 Å². The molecular formula is C14H22N2O2. The van der Waals surface area contributed by atoms with E-state index in [1.54, 1.807) is 6.26 Å². The second-order valence-corrected chi connectivity index (χ2v) is 5.07. The number of hydrogen-bond donors (Lipinski definition) is 1. The summed E-state index contributed by atoms with van der Waals surface area (Å²) in [5.74, 6) is 1.70. The van der Waals surface area contributed by atoms with Gasteiger partial charge in [0.1, 0.15) is 5.76 Å². The first kappa shape index (κ1) is 13.1. The zero-order valence-electron chi connectivity index (χ0n) is 11.0. The highest BCUT2D eigenvalue weighted by Crippen LogP contribution is 2.12. The maximum absolute atomic E-state index is 12.0. The van der Waals surface area contributed by atoms with E-state index in [0.29, 0.717) is 18.8 Å². The van der Waals surface area contributed by atoms with Crippen LogP contribution in [0.15, 0.2) is 22.8 Å². The minimum atomic E-state index is 0.206. The number of carbonyl (C=O) groups is 1. The largest absolute Gasteiger partial charge is 0.469 e. The number of carbonyl (C=O) groups excluding carboxylic acids is 1. The highest BCUT2D eigenvalue weighted by atomic mass is 16.3. The van der Waals surface area contributed by atoms with E-state index in [1.807, 2.05) is 24.1 Å². The molecule has 1 aromatic rings. The Balaban J connectivity index is 1.70. The van der Waals surface area contributed by atoms with E-state index >= 15 is 0 Å². The van der Waals surface area contributed by atoms with E-state index in [4.69, 9.17) is 4.42 Å². The fourth-order valence-corrected chi connectivity index (χ4v) is 2.44. The molecule has 1 saturated heterocycles. The van der Waals surface area contributed by atoms with Gasteiger partial charge < -0.3 is 14.6 Å². The molecule has 0 saturated carbocycles. The smallest absolute Gasteiger partial charge is 0.222 e. The monoisotopic (exact) mass is 250 g/mol. The molecule has 1 aromatic heterocycles. The Bertz CT molecular complexity index is 356. The topological polar surface area (TPSA) is 45.5 Å². The van der Waals surface area contributed by atoms with Crippen LogP contribution in [0, 0.1) is 5.92 Å². The first-order valence-electron chi connectivity index (χ1n) is 6.73. The lowest BCUT2D eigenvalue weighted by Gasteiger charge is -2.27. The van der Waals surface area contributed by atoms with Crippen molar-refractivity contribution >= 4 is 5.91 Å². The van der Waals surface area contributed by atoms with Gasteiger partial charge in [0.25, 0.3) is 0 Å². The quantitative estimate of drug-likeness (QED) is 0.864. The SMILES string of the molecule is CN(CC1CCCNC1)C(=O)CCc1ccco1. The zero-order valence-corrected chi connectivity index (χ0v) is 11.0. The Kier molecular flexibility index (Phi) is 4.81. The van der Waals surface area contributed by atoms with Crippen molar-refractivity contribution in [3.05, 3.63) is 24.2 Å². The molecule has 1 fully saturated rings. The highest BCUT2D eigenvalue weighted by molar-refractivity contribution is 5.76. The number of aryl methyl sites for hydroxylation is 1. The summed E-state index contributed by atoms with van der Waals surface area (Å²) < 4.78 is 5.23. The van der Waals surface area contributed by atoms with Crippen LogP contribution in [0.25, 0.3) is 0 Å². The van der Waals surface area contributed by atoms with Gasteiger partial charge in [-0.1, -0.05) is 0 Å². The lowest BCUT2D eigenvalue weighted by Crippen LogP contribution is -2.39.